The largest absolute Gasteiger partial charge is 0.383 e. The first-order valence-electron chi connectivity index (χ1n) is 5.12. The number of nitrogens with one attached hydrogen (secondary N) is 1. The van der Waals surface area contributed by atoms with Crippen LogP contribution in [0.25, 0.3) is 0 Å². The second kappa shape index (κ2) is 5.19. The Balaban J connectivity index is 2.39. The van der Waals surface area contributed by atoms with Crippen molar-refractivity contribution in [2.24, 2.45) is 5.73 Å². The minimum absolute atomic E-state index is 0.0710. The standard InChI is InChI=1S/C11H11FN4OS/c12-7-2-1-3-8(6(7)5-13)18-11-15-9(14)4-10(17)16-11/h1-4H,5,13H2,(H3,14,15,16,17). The number of aromatic nitrogens is 2. The first-order valence-corrected chi connectivity index (χ1v) is 5.94. The van der Waals surface area contributed by atoms with Gasteiger partial charge < -0.3 is 16.5 Å². The molecule has 5 N–H and O–H groups in total. The maximum Gasteiger partial charge on any atom is 0.253 e. The van der Waals surface area contributed by atoms with Crippen molar-refractivity contribution in [2.45, 2.75) is 16.6 Å². The molecule has 1 heterocycles. The molecule has 1 aromatic heterocycles. The predicted octanol–water partition coefficient (Wildman–Crippen LogP) is 1.10. The van der Waals surface area contributed by atoms with Gasteiger partial charge in [0.25, 0.3) is 5.56 Å². The molecule has 0 saturated carbocycles. The van der Waals surface area contributed by atoms with Crippen LogP contribution in [-0.2, 0) is 6.54 Å². The normalized spacial score (nSPS) is 10.6. The number of anilines is 1. The Morgan fingerprint density at radius 1 is 1.44 bits per heavy atom. The summed E-state index contributed by atoms with van der Waals surface area (Å²) in [5.41, 5.74) is 11.0. The lowest BCUT2D eigenvalue weighted by Gasteiger charge is -2.07. The molecule has 94 valence electrons. The highest BCUT2D eigenvalue weighted by Crippen LogP contribution is 2.28. The molecule has 2 aromatic rings. The molecule has 0 aliphatic heterocycles. The van der Waals surface area contributed by atoms with E-state index < -0.39 is 0 Å². The van der Waals surface area contributed by atoms with E-state index in [1.807, 2.05) is 0 Å². The van der Waals surface area contributed by atoms with E-state index >= 15 is 0 Å². The van der Waals surface area contributed by atoms with Gasteiger partial charge in [-0.05, 0) is 12.1 Å². The third-order valence-corrected chi connectivity index (χ3v) is 3.22. The summed E-state index contributed by atoms with van der Waals surface area (Å²) in [5.74, 6) is -0.263. The summed E-state index contributed by atoms with van der Waals surface area (Å²) in [5, 5.41) is 0.306. The van der Waals surface area contributed by atoms with Crippen molar-refractivity contribution in [3.05, 3.63) is 46.0 Å². The zero-order chi connectivity index (χ0) is 13.1. The number of hydrogen-bond acceptors (Lipinski definition) is 5. The number of aromatic amines is 1. The molecule has 0 atom stereocenters. The van der Waals surface area contributed by atoms with Crippen LogP contribution in [0.3, 0.4) is 0 Å². The highest BCUT2D eigenvalue weighted by Gasteiger charge is 2.09. The van der Waals surface area contributed by atoms with Crippen LogP contribution < -0.4 is 17.0 Å². The van der Waals surface area contributed by atoms with Crippen LogP contribution in [0, 0.1) is 5.82 Å². The van der Waals surface area contributed by atoms with Crippen molar-refractivity contribution >= 4 is 17.6 Å². The summed E-state index contributed by atoms with van der Waals surface area (Å²) in [6.07, 6.45) is 0. The molecule has 2 rings (SSSR count). The fraction of sp³-hybridized carbons (Fsp3) is 0.0909. The summed E-state index contributed by atoms with van der Waals surface area (Å²) in [7, 11) is 0. The Bertz CT molecular complexity index is 629. The van der Waals surface area contributed by atoms with Crippen molar-refractivity contribution in [3.8, 4) is 0 Å². The fourth-order valence-electron chi connectivity index (χ4n) is 1.44. The van der Waals surface area contributed by atoms with Gasteiger partial charge in [-0.15, -0.1) is 0 Å². The van der Waals surface area contributed by atoms with Crippen molar-refractivity contribution in [3.63, 3.8) is 0 Å². The lowest BCUT2D eigenvalue weighted by molar-refractivity contribution is 0.604. The summed E-state index contributed by atoms with van der Waals surface area (Å²) in [6.45, 7) is 0.0710. The monoisotopic (exact) mass is 266 g/mol. The molecule has 5 nitrogen and oxygen atoms in total. The van der Waals surface area contributed by atoms with Crippen LogP contribution in [0.2, 0.25) is 0 Å². The van der Waals surface area contributed by atoms with Crippen LogP contribution in [0.15, 0.2) is 39.1 Å². The van der Waals surface area contributed by atoms with E-state index in [4.69, 9.17) is 11.5 Å². The Morgan fingerprint density at radius 3 is 2.89 bits per heavy atom. The van der Waals surface area contributed by atoms with E-state index in [0.29, 0.717) is 15.6 Å². The Labute approximate surface area is 106 Å². The molecule has 0 fully saturated rings. The average Bonchev–Trinajstić information content (AvgIpc) is 2.27. The molecular formula is C11H11FN4OS. The molecule has 18 heavy (non-hydrogen) atoms. The van der Waals surface area contributed by atoms with Gasteiger partial charge in [-0.25, -0.2) is 9.37 Å². The van der Waals surface area contributed by atoms with Crippen LogP contribution in [0.1, 0.15) is 5.56 Å². The smallest absolute Gasteiger partial charge is 0.253 e. The van der Waals surface area contributed by atoms with E-state index in [1.54, 1.807) is 12.1 Å². The van der Waals surface area contributed by atoms with Gasteiger partial charge in [0.05, 0.1) is 0 Å². The van der Waals surface area contributed by atoms with Gasteiger partial charge in [0, 0.05) is 23.1 Å². The zero-order valence-corrected chi connectivity index (χ0v) is 10.1. The average molecular weight is 266 g/mol. The van der Waals surface area contributed by atoms with Gasteiger partial charge in [-0.1, -0.05) is 17.8 Å². The third kappa shape index (κ3) is 2.69. The van der Waals surface area contributed by atoms with Crippen LogP contribution in [0.5, 0.6) is 0 Å². The van der Waals surface area contributed by atoms with Gasteiger partial charge in [0.15, 0.2) is 5.16 Å². The van der Waals surface area contributed by atoms with Gasteiger partial charge in [0.2, 0.25) is 0 Å². The van der Waals surface area contributed by atoms with Crippen molar-refractivity contribution in [1.82, 2.24) is 9.97 Å². The van der Waals surface area contributed by atoms with Gasteiger partial charge in [-0.2, -0.15) is 0 Å². The van der Waals surface area contributed by atoms with Crippen LogP contribution >= 0.6 is 11.8 Å². The number of nitrogen functional groups attached to an aromatic ring is 1. The lowest BCUT2D eigenvalue weighted by Crippen LogP contribution is -2.09. The second-order valence-corrected chi connectivity index (χ2v) is 4.53. The number of benzene rings is 1. The second-order valence-electron chi connectivity index (χ2n) is 3.50. The van der Waals surface area contributed by atoms with Crippen molar-refractivity contribution in [1.29, 1.82) is 0 Å². The number of halogens is 1. The lowest BCUT2D eigenvalue weighted by atomic mass is 10.2. The predicted molar refractivity (Wildman–Crippen MR) is 67.7 cm³/mol. The number of nitrogens with two attached hydrogens (primary N) is 2. The molecule has 1 aromatic carbocycles. The van der Waals surface area contributed by atoms with E-state index in [-0.39, 0.29) is 23.7 Å². The molecule has 0 bridgehead atoms. The number of hydrogen-bond donors (Lipinski definition) is 3. The molecule has 0 unspecified atom stereocenters. The van der Waals surface area contributed by atoms with E-state index in [2.05, 4.69) is 9.97 Å². The zero-order valence-electron chi connectivity index (χ0n) is 9.31. The quantitative estimate of drug-likeness (QED) is 0.723. The highest BCUT2D eigenvalue weighted by atomic mass is 32.2. The maximum atomic E-state index is 13.5. The number of H-pyrrole nitrogens is 1. The summed E-state index contributed by atoms with van der Waals surface area (Å²) in [6, 6.07) is 5.79. The van der Waals surface area contributed by atoms with Crippen LogP contribution in [-0.4, -0.2) is 9.97 Å². The minimum Gasteiger partial charge on any atom is -0.383 e. The van der Waals surface area contributed by atoms with Crippen molar-refractivity contribution < 1.29 is 4.39 Å². The minimum atomic E-state index is -0.381. The Hall–Kier alpha value is -1.86. The SMILES string of the molecule is NCc1c(F)cccc1Sc1nc(N)cc(=O)[nH]1. The maximum absolute atomic E-state index is 13.5. The molecule has 0 aliphatic rings. The fourth-order valence-corrected chi connectivity index (χ4v) is 2.40. The van der Waals surface area contributed by atoms with E-state index in [0.717, 1.165) is 11.8 Å². The van der Waals surface area contributed by atoms with Gasteiger partial charge in [0.1, 0.15) is 11.6 Å². The third-order valence-electron chi connectivity index (χ3n) is 2.23. The molecule has 0 spiro atoms. The Kier molecular flexibility index (Phi) is 3.63. The Morgan fingerprint density at radius 2 is 2.22 bits per heavy atom. The van der Waals surface area contributed by atoms with Gasteiger partial charge in [-0.3, -0.25) is 4.79 Å². The molecule has 0 radical (unpaired) electrons. The molecule has 0 amide bonds. The van der Waals surface area contributed by atoms with E-state index in [9.17, 15) is 9.18 Å². The topological polar surface area (TPSA) is 97.8 Å². The summed E-state index contributed by atoms with van der Waals surface area (Å²) < 4.78 is 13.5. The highest BCUT2D eigenvalue weighted by molar-refractivity contribution is 7.99. The summed E-state index contributed by atoms with van der Waals surface area (Å²) in [4.78, 5) is 18.3. The first kappa shape index (κ1) is 12.6. The molecular weight excluding hydrogens is 255 g/mol. The number of rotatable bonds is 3. The number of nitrogens with zero attached hydrogens (tertiary/aromatic N) is 1. The summed E-state index contributed by atoms with van der Waals surface area (Å²) >= 11 is 1.11. The van der Waals surface area contributed by atoms with Crippen molar-refractivity contribution in [2.75, 3.05) is 5.73 Å². The molecule has 0 aliphatic carbocycles. The molecule has 7 heteroatoms. The van der Waals surface area contributed by atoms with E-state index in [1.165, 1.54) is 12.1 Å². The van der Waals surface area contributed by atoms with Crippen LogP contribution in [0.4, 0.5) is 10.2 Å². The first-order chi connectivity index (χ1) is 8.60. The van der Waals surface area contributed by atoms with Gasteiger partial charge >= 0.3 is 0 Å². The molecule has 0 saturated heterocycles.